The van der Waals surface area contributed by atoms with Gasteiger partial charge >= 0.3 is 0 Å². The van der Waals surface area contributed by atoms with Gasteiger partial charge in [0.25, 0.3) is 0 Å². The highest BCUT2D eigenvalue weighted by Gasteiger charge is 2.18. The molecule has 0 aromatic heterocycles. The van der Waals surface area contributed by atoms with Gasteiger partial charge in [-0.05, 0) is 39.7 Å². The van der Waals surface area contributed by atoms with Crippen LogP contribution in [0.5, 0.6) is 0 Å². The summed E-state index contributed by atoms with van der Waals surface area (Å²) < 4.78 is 0. The van der Waals surface area contributed by atoms with E-state index in [4.69, 9.17) is 0 Å². The smallest absolute Gasteiger partial charge is 0.0603 e. The van der Waals surface area contributed by atoms with Crippen LogP contribution in [0.15, 0.2) is 0 Å². The minimum atomic E-state index is -0.503. The molecule has 0 atom stereocenters. The van der Waals surface area contributed by atoms with Gasteiger partial charge < -0.3 is 10.4 Å². The van der Waals surface area contributed by atoms with Crippen molar-refractivity contribution in [3.8, 4) is 0 Å². The largest absolute Gasteiger partial charge is 0.390 e. The first kappa shape index (κ1) is 9.01. The summed E-state index contributed by atoms with van der Waals surface area (Å²) in [5.41, 5.74) is -0.503. The first-order chi connectivity index (χ1) is 5.08. The number of aliphatic hydroxyl groups is 1. The van der Waals surface area contributed by atoms with Crippen LogP contribution in [-0.2, 0) is 0 Å². The molecule has 0 amide bonds. The Labute approximate surface area is 69.0 Å². The van der Waals surface area contributed by atoms with Gasteiger partial charge in [0.15, 0.2) is 0 Å². The average Bonchev–Trinajstić information content (AvgIpc) is 1.73. The summed E-state index contributed by atoms with van der Waals surface area (Å²) in [6, 6.07) is 0.748. The maximum atomic E-state index is 9.38. The molecule has 0 saturated heterocycles. The van der Waals surface area contributed by atoms with Crippen molar-refractivity contribution in [1.29, 1.82) is 0 Å². The molecule has 0 bridgehead atoms. The van der Waals surface area contributed by atoms with Gasteiger partial charge in [0.05, 0.1) is 5.60 Å². The predicted octanol–water partition coefficient (Wildman–Crippen LogP) is 1.29. The molecule has 0 aromatic carbocycles. The highest BCUT2D eigenvalue weighted by Crippen LogP contribution is 2.18. The summed E-state index contributed by atoms with van der Waals surface area (Å²) in [5.74, 6) is 0. The van der Waals surface area contributed by atoms with E-state index < -0.39 is 5.60 Å². The molecular formula is C9H19NO. The van der Waals surface area contributed by atoms with Gasteiger partial charge in [0, 0.05) is 6.04 Å². The van der Waals surface area contributed by atoms with Crippen molar-refractivity contribution in [3.05, 3.63) is 0 Å². The van der Waals surface area contributed by atoms with Crippen molar-refractivity contribution in [2.24, 2.45) is 0 Å². The van der Waals surface area contributed by atoms with Gasteiger partial charge in [-0.15, -0.1) is 0 Å². The molecule has 0 heterocycles. The van der Waals surface area contributed by atoms with Crippen LogP contribution in [0.2, 0.25) is 0 Å². The molecule has 2 N–H and O–H groups in total. The first-order valence-electron chi connectivity index (χ1n) is 4.54. The van der Waals surface area contributed by atoms with Gasteiger partial charge in [-0.25, -0.2) is 0 Å². The SMILES string of the molecule is CC(C)(O)CCNC1CCC1. The predicted molar refractivity (Wildman–Crippen MR) is 46.6 cm³/mol. The third-order valence-electron chi connectivity index (χ3n) is 2.27. The number of rotatable bonds is 4. The Morgan fingerprint density at radius 2 is 2.09 bits per heavy atom. The molecule has 0 unspecified atom stereocenters. The summed E-state index contributed by atoms with van der Waals surface area (Å²) in [5, 5.41) is 12.8. The van der Waals surface area contributed by atoms with E-state index in [2.05, 4.69) is 5.32 Å². The second kappa shape index (κ2) is 3.55. The van der Waals surface area contributed by atoms with E-state index in [0.29, 0.717) is 0 Å². The molecule has 11 heavy (non-hydrogen) atoms. The fourth-order valence-electron chi connectivity index (χ4n) is 1.19. The van der Waals surface area contributed by atoms with Crippen LogP contribution in [0.3, 0.4) is 0 Å². The highest BCUT2D eigenvalue weighted by molar-refractivity contribution is 4.77. The lowest BCUT2D eigenvalue weighted by atomic mass is 9.93. The Balaban J connectivity index is 1.95. The van der Waals surface area contributed by atoms with Gasteiger partial charge in [-0.1, -0.05) is 6.42 Å². The molecule has 0 spiro atoms. The molecule has 1 fully saturated rings. The molecule has 1 rings (SSSR count). The molecule has 2 heteroatoms. The Morgan fingerprint density at radius 3 is 2.45 bits per heavy atom. The van der Waals surface area contributed by atoms with E-state index in [0.717, 1.165) is 19.0 Å². The third-order valence-corrected chi connectivity index (χ3v) is 2.27. The minimum Gasteiger partial charge on any atom is -0.390 e. The van der Waals surface area contributed by atoms with Crippen molar-refractivity contribution < 1.29 is 5.11 Å². The monoisotopic (exact) mass is 157 g/mol. The molecule has 66 valence electrons. The summed E-state index contributed by atoms with van der Waals surface area (Å²) in [4.78, 5) is 0. The number of hydrogen-bond donors (Lipinski definition) is 2. The number of hydrogen-bond acceptors (Lipinski definition) is 2. The van der Waals surface area contributed by atoms with Crippen LogP contribution in [0.1, 0.15) is 39.5 Å². The minimum absolute atomic E-state index is 0.503. The lowest BCUT2D eigenvalue weighted by molar-refractivity contribution is 0.0693. The number of nitrogens with one attached hydrogen (secondary N) is 1. The topological polar surface area (TPSA) is 32.3 Å². The van der Waals surface area contributed by atoms with Crippen LogP contribution in [0.4, 0.5) is 0 Å². The van der Waals surface area contributed by atoms with E-state index in [1.54, 1.807) is 0 Å². The molecule has 1 saturated carbocycles. The highest BCUT2D eigenvalue weighted by atomic mass is 16.3. The van der Waals surface area contributed by atoms with E-state index in [-0.39, 0.29) is 0 Å². The zero-order valence-corrected chi connectivity index (χ0v) is 7.56. The normalized spacial score (nSPS) is 19.9. The maximum absolute atomic E-state index is 9.38. The molecular weight excluding hydrogens is 138 g/mol. The average molecular weight is 157 g/mol. The Bertz CT molecular complexity index is 113. The lowest BCUT2D eigenvalue weighted by Gasteiger charge is -2.28. The van der Waals surface area contributed by atoms with Crippen LogP contribution in [-0.4, -0.2) is 23.3 Å². The Hall–Kier alpha value is -0.0800. The molecule has 1 aliphatic rings. The molecule has 0 aromatic rings. The fourth-order valence-corrected chi connectivity index (χ4v) is 1.19. The molecule has 1 aliphatic carbocycles. The summed E-state index contributed by atoms with van der Waals surface area (Å²) in [7, 11) is 0. The van der Waals surface area contributed by atoms with Crippen molar-refractivity contribution in [2.75, 3.05) is 6.54 Å². The second-order valence-corrected chi connectivity index (χ2v) is 4.14. The Kier molecular flexibility index (Phi) is 2.90. The first-order valence-corrected chi connectivity index (χ1v) is 4.54. The van der Waals surface area contributed by atoms with Crippen molar-refractivity contribution in [3.63, 3.8) is 0 Å². The quantitative estimate of drug-likeness (QED) is 0.644. The van der Waals surface area contributed by atoms with Gasteiger partial charge in [0.2, 0.25) is 0 Å². The van der Waals surface area contributed by atoms with Crippen LogP contribution < -0.4 is 5.32 Å². The van der Waals surface area contributed by atoms with Crippen molar-refractivity contribution >= 4 is 0 Å². The van der Waals surface area contributed by atoms with E-state index in [9.17, 15) is 5.11 Å². The van der Waals surface area contributed by atoms with E-state index in [1.165, 1.54) is 19.3 Å². The zero-order chi connectivity index (χ0) is 8.32. The van der Waals surface area contributed by atoms with Gasteiger partial charge in [0.1, 0.15) is 0 Å². The van der Waals surface area contributed by atoms with Gasteiger partial charge in [-0.2, -0.15) is 0 Å². The molecule has 0 radical (unpaired) electrons. The van der Waals surface area contributed by atoms with Crippen molar-refractivity contribution in [2.45, 2.75) is 51.2 Å². The van der Waals surface area contributed by atoms with Crippen LogP contribution >= 0.6 is 0 Å². The van der Waals surface area contributed by atoms with E-state index in [1.807, 2.05) is 13.8 Å². The third kappa shape index (κ3) is 3.73. The molecule has 0 aliphatic heterocycles. The van der Waals surface area contributed by atoms with Crippen LogP contribution in [0, 0.1) is 0 Å². The Morgan fingerprint density at radius 1 is 1.45 bits per heavy atom. The standard InChI is InChI=1S/C9H19NO/c1-9(2,11)6-7-10-8-4-3-5-8/h8,10-11H,3-7H2,1-2H3. The lowest BCUT2D eigenvalue weighted by Crippen LogP contribution is -2.38. The maximum Gasteiger partial charge on any atom is 0.0603 e. The fraction of sp³-hybridized carbons (Fsp3) is 1.00. The summed E-state index contributed by atoms with van der Waals surface area (Å²) in [6.45, 7) is 4.67. The van der Waals surface area contributed by atoms with Gasteiger partial charge in [-0.3, -0.25) is 0 Å². The second-order valence-electron chi connectivity index (χ2n) is 4.14. The van der Waals surface area contributed by atoms with E-state index >= 15 is 0 Å². The summed E-state index contributed by atoms with van der Waals surface area (Å²) in [6.07, 6.45) is 4.88. The van der Waals surface area contributed by atoms with Crippen LogP contribution in [0.25, 0.3) is 0 Å². The van der Waals surface area contributed by atoms with Crippen molar-refractivity contribution in [1.82, 2.24) is 5.32 Å². The zero-order valence-electron chi connectivity index (χ0n) is 7.56. The molecule has 2 nitrogen and oxygen atoms in total. The summed E-state index contributed by atoms with van der Waals surface area (Å²) >= 11 is 0.